The molecule has 10 heteroatoms. The molecule has 3 aromatic carbocycles. The molecule has 220 valence electrons. The lowest BCUT2D eigenvalue weighted by molar-refractivity contribution is -0.140. The average Bonchev–Trinajstić information content (AvgIpc) is 2.93. The fraction of sp³-hybridized carbons (Fsp3) is 0.355. The third-order valence-corrected chi connectivity index (χ3v) is 8.14. The lowest BCUT2D eigenvalue weighted by Crippen LogP contribution is -2.54. The molecule has 0 saturated heterocycles. The van der Waals surface area contributed by atoms with E-state index in [1.165, 1.54) is 37.3 Å². The van der Waals surface area contributed by atoms with Gasteiger partial charge in [0, 0.05) is 18.2 Å². The third-order valence-electron chi connectivity index (χ3n) is 6.37. The molecular weight excluding hydrogens is 542 g/mol. The number of carbonyl (C=O) groups is 2. The molecule has 0 aliphatic rings. The van der Waals surface area contributed by atoms with E-state index in [9.17, 15) is 18.0 Å². The molecule has 9 nitrogen and oxygen atoms in total. The summed E-state index contributed by atoms with van der Waals surface area (Å²) in [5.41, 5.74) is 1.41. The van der Waals surface area contributed by atoms with Crippen molar-refractivity contribution in [3.05, 3.63) is 83.9 Å². The zero-order valence-electron chi connectivity index (χ0n) is 24.7. The number of rotatable bonds is 11. The SMILES string of the molecule is COc1ccc(OC)c(N(CC(=O)N(Cc2cccc(C)c2)[C@@H](C)C(=O)NC(C)(C)C)S(=O)(=O)c2ccccc2)c1. The van der Waals surface area contributed by atoms with Crippen molar-refractivity contribution in [2.24, 2.45) is 0 Å². The Morgan fingerprint density at radius 3 is 2.20 bits per heavy atom. The van der Waals surface area contributed by atoms with Gasteiger partial charge < -0.3 is 19.7 Å². The van der Waals surface area contributed by atoms with E-state index in [1.807, 2.05) is 52.0 Å². The Balaban J connectivity index is 2.12. The highest BCUT2D eigenvalue weighted by Crippen LogP contribution is 2.36. The third kappa shape index (κ3) is 8.00. The van der Waals surface area contributed by atoms with E-state index in [4.69, 9.17) is 9.47 Å². The fourth-order valence-electron chi connectivity index (χ4n) is 4.29. The molecule has 0 unspecified atom stereocenters. The van der Waals surface area contributed by atoms with Crippen molar-refractivity contribution in [1.29, 1.82) is 0 Å². The summed E-state index contributed by atoms with van der Waals surface area (Å²) in [4.78, 5) is 28.8. The first-order valence-corrected chi connectivity index (χ1v) is 14.7. The topological polar surface area (TPSA) is 105 Å². The van der Waals surface area contributed by atoms with Crippen molar-refractivity contribution in [2.75, 3.05) is 25.1 Å². The normalized spacial score (nSPS) is 12.3. The molecule has 3 aromatic rings. The summed E-state index contributed by atoms with van der Waals surface area (Å²) < 4.78 is 39.9. The monoisotopic (exact) mass is 581 g/mol. The first kappa shape index (κ1) is 31.5. The van der Waals surface area contributed by atoms with Gasteiger partial charge in [-0.1, -0.05) is 48.0 Å². The second-order valence-corrected chi connectivity index (χ2v) is 12.7. The Morgan fingerprint density at radius 1 is 0.927 bits per heavy atom. The molecule has 0 radical (unpaired) electrons. The molecule has 0 aromatic heterocycles. The summed E-state index contributed by atoms with van der Waals surface area (Å²) in [6.45, 7) is 8.66. The molecule has 0 aliphatic heterocycles. The highest BCUT2D eigenvalue weighted by atomic mass is 32.2. The van der Waals surface area contributed by atoms with Gasteiger partial charge >= 0.3 is 0 Å². The van der Waals surface area contributed by atoms with E-state index in [2.05, 4.69) is 5.32 Å². The smallest absolute Gasteiger partial charge is 0.264 e. The molecule has 3 rings (SSSR count). The van der Waals surface area contributed by atoms with E-state index < -0.39 is 34.1 Å². The average molecular weight is 582 g/mol. The van der Waals surface area contributed by atoms with Gasteiger partial charge in [-0.05, 0) is 64.4 Å². The number of hydrogen-bond donors (Lipinski definition) is 1. The van der Waals surface area contributed by atoms with Crippen molar-refractivity contribution in [2.45, 2.75) is 57.6 Å². The van der Waals surface area contributed by atoms with Gasteiger partial charge in [0.25, 0.3) is 10.0 Å². The van der Waals surface area contributed by atoms with Crippen LogP contribution in [0, 0.1) is 6.92 Å². The zero-order valence-corrected chi connectivity index (χ0v) is 25.5. The first-order valence-electron chi connectivity index (χ1n) is 13.2. The summed E-state index contributed by atoms with van der Waals surface area (Å²) >= 11 is 0. The Bertz CT molecular complexity index is 1470. The molecule has 0 heterocycles. The van der Waals surface area contributed by atoms with Gasteiger partial charge in [0.2, 0.25) is 11.8 Å². The van der Waals surface area contributed by atoms with Gasteiger partial charge in [0.05, 0.1) is 24.8 Å². The number of aryl methyl sites for hydroxylation is 1. The quantitative estimate of drug-likeness (QED) is 0.357. The van der Waals surface area contributed by atoms with Gasteiger partial charge in [-0.15, -0.1) is 0 Å². The number of nitrogens with one attached hydrogen (secondary N) is 1. The van der Waals surface area contributed by atoms with E-state index in [0.717, 1.165) is 15.4 Å². The van der Waals surface area contributed by atoms with Crippen LogP contribution < -0.4 is 19.1 Å². The maximum Gasteiger partial charge on any atom is 0.264 e. The predicted molar refractivity (Wildman–Crippen MR) is 160 cm³/mol. The summed E-state index contributed by atoms with van der Waals surface area (Å²) in [5.74, 6) is -0.291. The van der Waals surface area contributed by atoms with Crippen LogP contribution in [0.1, 0.15) is 38.8 Å². The Labute approximate surface area is 243 Å². The summed E-state index contributed by atoms with van der Waals surface area (Å²) in [5, 5.41) is 2.92. The summed E-state index contributed by atoms with van der Waals surface area (Å²) in [6.07, 6.45) is 0. The number of ether oxygens (including phenoxy) is 2. The second kappa shape index (κ2) is 13.1. The molecule has 1 atom stereocenters. The standard InChI is InChI=1S/C31H39N3O6S/c1-22-12-11-13-24(18-22)20-33(23(2)30(36)32-31(3,4)5)29(35)21-34(41(37,38)26-14-9-8-10-15-26)27-19-25(39-6)16-17-28(27)40-7/h8-19,23H,20-21H2,1-7H3,(H,32,36)/t23-/m0/s1. The minimum absolute atomic E-state index is 0.00133. The molecule has 0 saturated carbocycles. The molecule has 2 amide bonds. The Hall–Kier alpha value is -4.05. The van der Waals surface area contributed by atoms with Crippen LogP contribution in [0.3, 0.4) is 0 Å². The number of benzene rings is 3. The van der Waals surface area contributed by atoms with Crippen molar-refractivity contribution in [3.63, 3.8) is 0 Å². The van der Waals surface area contributed by atoms with Crippen LogP contribution in [0.15, 0.2) is 77.7 Å². The highest BCUT2D eigenvalue weighted by Gasteiger charge is 2.34. The number of amides is 2. The van der Waals surface area contributed by atoms with E-state index >= 15 is 0 Å². The molecule has 41 heavy (non-hydrogen) atoms. The minimum atomic E-state index is -4.24. The first-order chi connectivity index (χ1) is 19.3. The Kier molecular flexibility index (Phi) is 10.0. The van der Waals surface area contributed by atoms with Crippen molar-refractivity contribution in [1.82, 2.24) is 10.2 Å². The summed E-state index contributed by atoms with van der Waals surface area (Å²) in [6, 6.07) is 19.3. The van der Waals surface area contributed by atoms with Crippen LogP contribution in [0.5, 0.6) is 11.5 Å². The van der Waals surface area contributed by atoms with Gasteiger partial charge in [-0.2, -0.15) is 0 Å². The number of sulfonamides is 1. The lowest BCUT2D eigenvalue weighted by atomic mass is 10.1. The van der Waals surface area contributed by atoms with Crippen LogP contribution in [-0.2, 0) is 26.2 Å². The van der Waals surface area contributed by atoms with Crippen LogP contribution >= 0.6 is 0 Å². The van der Waals surface area contributed by atoms with Crippen molar-refractivity contribution in [3.8, 4) is 11.5 Å². The second-order valence-electron chi connectivity index (χ2n) is 10.8. The van der Waals surface area contributed by atoms with Crippen molar-refractivity contribution < 1.29 is 27.5 Å². The van der Waals surface area contributed by atoms with E-state index in [1.54, 1.807) is 37.3 Å². The molecule has 0 bridgehead atoms. The van der Waals surface area contributed by atoms with Gasteiger partial charge in [-0.25, -0.2) is 8.42 Å². The molecule has 1 N–H and O–H groups in total. The maximum absolute atomic E-state index is 14.1. The minimum Gasteiger partial charge on any atom is -0.497 e. The van der Waals surface area contributed by atoms with Crippen molar-refractivity contribution >= 4 is 27.5 Å². The van der Waals surface area contributed by atoms with Crippen LogP contribution in [0.4, 0.5) is 5.69 Å². The molecule has 0 spiro atoms. The van der Waals surface area contributed by atoms with Gasteiger partial charge in [-0.3, -0.25) is 13.9 Å². The summed E-state index contributed by atoms with van der Waals surface area (Å²) in [7, 11) is -1.36. The number of anilines is 1. The van der Waals surface area contributed by atoms with Crippen LogP contribution in [-0.4, -0.2) is 57.5 Å². The van der Waals surface area contributed by atoms with Crippen LogP contribution in [0.2, 0.25) is 0 Å². The van der Waals surface area contributed by atoms with E-state index in [0.29, 0.717) is 5.75 Å². The number of carbonyl (C=O) groups excluding carboxylic acids is 2. The largest absolute Gasteiger partial charge is 0.497 e. The van der Waals surface area contributed by atoms with Gasteiger partial charge in [0.1, 0.15) is 24.1 Å². The lowest BCUT2D eigenvalue weighted by Gasteiger charge is -2.34. The molecular formula is C31H39N3O6S. The van der Waals surface area contributed by atoms with Gasteiger partial charge in [0.15, 0.2) is 0 Å². The zero-order chi connectivity index (χ0) is 30.4. The molecule has 0 aliphatic carbocycles. The Morgan fingerprint density at radius 2 is 1.61 bits per heavy atom. The number of nitrogens with zero attached hydrogens (tertiary/aromatic N) is 2. The van der Waals surface area contributed by atoms with Crippen LogP contribution in [0.25, 0.3) is 0 Å². The fourth-order valence-corrected chi connectivity index (χ4v) is 5.73. The maximum atomic E-state index is 14.1. The number of hydrogen-bond acceptors (Lipinski definition) is 6. The molecule has 0 fully saturated rings. The predicted octanol–water partition coefficient (Wildman–Crippen LogP) is 4.54. The number of methoxy groups -OCH3 is 2. The highest BCUT2D eigenvalue weighted by molar-refractivity contribution is 7.92. The van der Waals surface area contributed by atoms with E-state index in [-0.39, 0.29) is 28.8 Å².